The number of aryl methyl sites for hydroxylation is 10. The van der Waals surface area contributed by atoms with E-state index in [-0.39, 0.29) is 0 Å². The van der Waals surface area contributed by atoms with Gasteiger partial charge in [-0.2, -0.15) is 5.10 Å². The molecule has 6 heterocycles. The Hall–Kier alpha value is -5.63. The molecular formula is C43H54N8. The van der Waals surface area contributed by atoms with Crippen LogP contribution in [0.5, 0.6) is 0 Å². The van der Waals surface area contributed by atoms with Gasteiger partial charge in [0.05, 0.1) is 23.1 Å². The van der Waals surface area contributed by atoms with Gasteiger partial charge in [0.15, 0.2) is 5.65 Å². The lowest BCUT2D eigenvalue weighted by Gasteiger charge is -2.01. The Balaban J connectivity index is 0.000000218. The van der Waals surface area contributed by atoms with Gasteiger partial charge in [0.25, 0.3) is 0 Å². The van der Waals surface area contributed by atoms with Gasteiger partial charge in [-0.15, -0.1) is 0 Å². The van der Waals surface area contributed by atoms with Crippen LogP contribution in [0.25, 0.3) is 21.9 Å². The van der Waals surface area contributed by atoms with Gasteiger partial charge in [-0.3, -0.25) is 30.0 Å². The van der Waals surface area contributed by atoms with Crippen LogP contribution < -0.4 is 0 Å². The first kappa shape index (κ1) is 41.5. The van der Waals surface area contributed by atoms with Crippen LogP contribution in [0.1, 0.15) is 70.3 Å². The molecule has 0 saturated carbocycles. The zero-order chi connectivity index (χ0) is 37.8. The highest BCUT2D eigenvalue weighted by molar-refractivity contribution is 5.79. The number of H-pyrrole nitrogens is 1. The van der Waals surface area contributed by atoms with E-state index in [2.05, 4.69) is 98.1 Å². The minimum atomic E-state index is 0.869. The van der Waals surface area contributed by atoms with E-state index in [1.54, 1.807) is 18.6 Å². The van der Waals surface area contributed by atoms with Gasteiger partial charge >= 0.3 is 0 Å². The van der Waals surface area contributed by atoms with Gasteiger partial charge < -0.3 is 0 Å². The molecule has 0 aliphatic heterocycles. The van der Waals surface area contributed by atoms with Crippen LogP contribution in [0.2, 0.25) is 0 Å². The summed E-state index contributed by atoms with van der Waals surface area (Å²) in [6, 6.07) is 20.5. The summed E-state index contributed by atoms with van der Waals surface area (Å²) in [5, 5.41) is 9.02. The van der Waals surface area contributed by atoms with Crippen molar-refractivity contribution in [3.63, 3.8) is 0 Å². The second kappa shape index (κ2) is 22.2. The van der Waals surface area contributed by atoms with Crippen molar-refractivity contribution in [2.24, 2.45) is 0 Å². The highest BCUT2D eigenvalue weighted by Crippen LogP contribution is 2.15. The minimum absolute atomic E-state index is 0.869. The van der Waals surface area contributed by atoms with E-state index in [4.69, 9.17) is 0 Å². The molecule has 0 saturated heterocycles. The van der Waals surface area contributed by atoms with Crippen LogP contribution in [-0.4, -0.2) is 40.1 Å². The topological polar surface area (TPSA) is 106 Å². The maximum Gasteiger partial charge on any atom is 0.155 e. The standard InChI is InChI=1S/C11H11N.C8H9N3.2C7H9N.C6H8N2.C4H8/c1-8-7-10-5-3-4-6-11(10)12-9(8)2;1-5-3-7-4-9-11-8(7)10-6(5)2;2*1-6-4-3-5-8-7(6)2;1-5-6(2)8-4-3-7-5;1-3-4-2/h3-7H,1-2H3;3-4H,1-2H3,(H,9,10,11);2*3-5H,1-2H3;3-4H,1-2H3;3-4H,1-2H3/b;;;;;4-3-. The molecule has 0 aliphatic carbocycles. The van der Waals surface area contributed by atoms with Crippen LogP contribution >= 0.6 is 0 Å². The number of benzene rings is 1. The molecule has 8 heteroatoms. The summed E-state index contributed by atoms with van der Waals surface area (Å²) in [5.74, 6) is 0. The van der Waals surface area contributed by atoms with Gasteiger partial charge in [0, 0.05) is 58.3 Å². The van der Waals surface area contributed by atoms with Gasteiger partial charge in [-0.05, 0) is 136 Å². The highest BCUT2D eigenvalue weighted by Gasteiger charge is 1.99. The molecule has 6 aromatic heterocycles. The Labute approximate surface area is 304 Å². The normalized spacial score (nSPS) is 9.88. The first-order chi connectivity index (χ1) is 24.4. The Morgan fingerprint density at radius 2 is 0.922 bits per heavy atom. The number of fused-ring (bicyclic) bond motifs is 2. The predicted molar refractivity (Wildman–Crippen MR) is 214 cm³/mol. The molecule has 0 amide bonds. The lowest BCUT2D eigenvalue weighted by molar-refractivity contribution is 1.05. The van der Waals surface area contributed by atoms with Gasteiger partial charge in [0.2, 0.25) is 0 Å². The monoisotopic (exact) mass is 682 g/mol. The van der Waals surface area contributed by atoms with E-state index in [1.165, 1.54) is 27.6 Å². The van der Waals surface area contributed by atoms with Crippen molar-refractivity contribution in [1.82, 2.24) is 40.1 Å². The fraction of sp³-hybridized carbons (Fsp3) is 0.279. The number of nitrogens with zero attached hydrogens (tertiary/aromatic N) is 7. The fourth-order valence-corrected chi connectivity index (χ4v) is 4.00. The lowest BCUT2D eigenvalue weighted by atomic mass is 10.1. The van der Waals surface area contributed by atoms with Gasteiger partial charge in [-0.25, -0.2) is 4.98 Å². The summed E-state index contributed by atoms with van der Waals surface area (Å²) < 4.78 is 0. The first-order valence-electron chi connectivity index (χ1n) is 17.1. The van der Waals surface area contributed by atoms with E-state index in [0.29, 0.717) is 0 Å². The molecule has 0 radical (unpaired) electrons. The molecule has 0 fully saturated rings. The Morgan fingerprint density at radius 3 is 1.37 bits per heavy atom. The molecule has 0 bridgehead atoms. The van der Waals surface area contributed by atoms with E-state index in [9.17, 15) is 0 Å². The van der Waals surface area contributed by atoms with Crippen LogP contribution in [0, 0.1) is 69.2 Å². The minimum Gasteiger partial charge on any atom is -0.261 e. The molecule has 0 atom stereocenters. The second-order valence-electron chi connectivity index (χ2n) is 12.0. The number of hydrogen-bond acceptors (Lipinski definition) is 7. The van der Waals surface area contributed by atoms with E-state index in [1.807, 2.05) is 110 Å². The highest BCUT2D eigenvalue weighted by atomic mass is 15.1. The predicted octanol–water partition coefficient (Wildman–Crippen LogP) is 10.5. The third-order valence-electron chi connectivity index (χ3n) is 8.04. The van der Waals surface area contributed by atoms with Crippen LogP contribution in [0.4, 0.5) is 0 Å². The van der Waals surface area contributed by atoms with Crippen LogP contribution in [0.15, 0.2) is 104 Å². The third-order valence-corrected chi connectivity index (χ3v) is 8.04. The Bertz CT molecular complexity index is 1850. The largest absolute Gasteiger partial charge is 0.261 e. The number of hydrogen-bond donors (Lipinski definition) is 1. The fourth-order valence-electron chi connectivity index (χ4n) is 4.00. The number of aromatic amines is 1. The number of nitrogens with one attached hydrogen (secondary N) is 1. The Kier molecular flexibility index (Phi) is 18.0. The summed E-state index contributed by atoms with van der Waals surface area (Å²) in [5.41, 5.74) is 13.4. The lowest BCUT2D eigenvalue weighted by Crippen LogP contribution is -1.87. The smallest absolute Gasteiger partial charge is 0.155 e. The number of para-hydroxylation sites is 1. The van der Waals surface area contributed by atoms with E-state index < -0.39 is 0 Å². The number of rotatable bonds is 0. The molecule has 51 heavy (non-hydrogen) atoms. The zero-order valence-electron chi connectivity index (χ0n) is 32.4. The third kappa shape index (κ3) is 14.8. The van der Waals surface area contributed by atoms with Crippen molar-refractivity contribution in [3.8, 4) is 0 Å². The van der Waals surface area contributed by atoms with Crippen LogP contribution in [0.3, 0.4) is 0 Å². The van der Waals surface area contributed by atoms with E-state index >= 15 is 0 Å². The summed E-state index contributed by atoms with van der Waals surface area (Å²) in [6.45, 7) is 24.2. The van der Waals surface area contributed by atoms with Crippen molar-refractivity contribution >= 4 is 21.9 Å². The molecule has 7 aromatic rings. The molecule has 0 spiro atoms. The molecule has 0 unspecified atom stereocenters. The number of pyridine rings is 4. The maximum atomic E-state index is 4.48. The van der Waals surface area contributed by atoms with Crippen molar-refractivity contribution in [2.75, 3.05) is 0 Å². The van der Waals surface area contributed by atoms with Crippen molar-refractivity contribution in [2.45, 2.75) is 83.1 Å². The van der Waals surface area contributed by atoms with E-state index in [0.717, 1.165) is 50.7 Å². The van der Waals surface area contributed by atoms with Crippen molar-refractivity contribution < 1.29 is 0 Å². The number of allylic oxidation sites excluding steroid dienone is 2. The van der Waals surface area contributed by atoms with Gasteiger partial charge in [-0.1, -0.05) is 42.5 Å². The molecular weight excluding hydrogens is 629 g/mol. The average molecular weight is 683 g/mol. The zero-order valence-corrected chi connectivity index (χ0v) is 32.4. The summed E-state index contributed by atoms with van der Waals surface area (Å²) >= 11 is 0. The quantitative estimate of drug-likeness (QED) is 0.159. The molecule has 0 aliphatic rings. The van der Waals surface area contributed by atoms with Gasteiger partial charge in [0.1, 0.15) is 0 Å². The molecule has 1 aromatic carbocycles. The maximum absolute atomic E-state index is 4.48. The van der Waals surface area contributed by atoms with Crippen molar-refractivity contribution in [1.29, 1.82) is 0 Å². The molecule has 7 rings (SSSR count). The first-order valence-corrected chi connectivity index (χ1v) is 17.1. The van der Waals surface area contributed by atoms with Crippen LogP contribution in [-0.2, 0) is 0 Å². The number of aromatic nitrogens is 8. The SMILES string of the molecule is C/C=C\C.Cc1cc2ccccc2nc1C.Cc1cc2cn[nH]c2nc1C.Cc1cccnc1C.Cc1cccnc1C.Cc1nccnc1C. The second-order valence-corrected chi connectivity index (χ2v) is 12.0. The summed E-state index contributed by atoms with van der Waals surface area (Å²) in [4.78, 5) is 25.0. The molecule has 8 nitrogen and oxygen atoms in total. The molecule has 266 valence electrons. The summed E-state index contributed by atoms with van der Waals surface area (Å²) in [7, 11) is 0. The molecule has 1 N–H and O–H groups in total. The Morgan fingerprint density at radius 1 is 0.451 bits per heavy atom. The average Bonchev–Trinajstić information content (AvgIpc) is 3.57. The summed E-state index contributed by atoms with van der Waals surface area (Å²) in [6.07, 6.45) is 12.8. The van der Waals surface area contributed by atoms with Crippen molar-refractivity contribution in [3.05, 3.63) is 160 Å².